The van der Waals surface area contributed by atoms with E-state index in [4.69, 9.17) is 0 Å². The Labute approximate surface area is 113 Å². The van der Waals surface area contributed by atoms with E-state index >= 15 is 0 Å². The third kappa shape index (κ3) is 4.94. The van der Waals surface area contributed by atoms with E-state index in [0.29, 0.717) is 0 Å². The molecule has 0 saturated heterocycles. The van der Waals surface area contributed by atoms with Crippen LogP contribution in [-0.4, -0.2) is 38.5 Å². The third-order valence-electron chi connectivity index (χ3n) is 2.99. The topological polar surface area (TPSA) is 55.6 Å². The SMILES string of the molecule is CC(C)CCCSc1nnnn1CCNC1CC1. The van der Waals surface area contributed by atoms with Gasteiger partial charge in [-0.25, -0.2) is 4.68 Å². The van der Waals surface area contributed by atoms with Gasteiger partial charge in [-0.2, -0.15) is 0 Å². The number of nitrogens with one attached hydrogen (secondary N) is 1. The summed E-state index contributed by atoms with van der Waals surface area (Å²) < 4.78 is 1.91. The van der Waals surface area contributed by atoms with Crippen molar-refractivity contribution < 1.29 is 0 Å². The molecule has 1 aliphatic rings. The third-order valence-corrected chi connectivity index (χ3v) is 4.03. The van der Waals surface area contributed by atoms with Crippen LogP contribution in [0.2, 0.25) is 0 Å². The molecule has 0 unspecified atom stereocenters. The van der Waals surface area contributed by atoms with E-state index in [1.165, 1.54) is 25.7 Å². The molecular weight excluding hydrogens is 246 g/mol. The highest BCUT2D eigenvalue weighted by molar-refractivity contribution is 7.99. The molecule has 6 heteroatoms. The summed E-state index contributed by atoms with van der Waals surface area (Å²) in [7, 11) is 0. The lowest BCUT2D eigenvalue weighted by atomic mass is 10.1. The molecule has 0 atom stereocenters. The van der Waals surface area contributed by atoms with Gasteiger partial charge in [-0.05, 0) is 35.6 Å². The highest BCUT2D eigenvalue weighted by Crippen LogP contribution is 2.19. The molecule has 0 aromatic carbocycles. The molecular formula is C12H23N5S. The minimum absolute atomic E-state index is 0.753. The van der Waals surface area contributed by atoms with Crippen LogP contribution in [0.1, 0.15) is 39.5 Å². The summed E-state index contributed by atoms with van der Waals surface area (Å²) in [5, 5.41) is 16.3. The van der Waals surface area contributed by atoms with E-state index in [0.717, 1.165) is 36.0 Å². The van der Waals surface area contributed by atoms with E-state index < -0.39 is 0 Å². The van der Waals surface area contributed by atoms with Gasteiger partial charge in [0.15, 0.2) is 0 Å². The average Bonchev–Trinajstić information content (AvgIpc) is 3.04. The van der Waals surface area contributed by atoms with E-state index in [9.17, 15) is 0 Å². The number of nitrogens with zero attached hydrogens (tertiary/aromatic N) is 4. The Balaban J connectivity index is 1.65. The molecule has 0 spiro atoms. The lowest BCUT2D eigenvalue weighted by Gasteiger charge is -2.06. The van der Waals surface area contributed by atoms with Crippen LogP contribution >= 0.6 is 11.8 Å². The number of rotatable bonds is 9. The monoisotopic (exact) mass is 269 g/mol. The number of hydrogen-bond acceptors (Lipinski definition) is 5. The smallest absolute Gasteiger partial charge is 0.209 e. The van der Waals surface area contributed by atoms with Gasteiger partial charge in [-0.1, -0.05) is 32.0 Å². The van der Waals surface area contributed by atoms with Crippen molar-refractivity contribution in [3.05, 3.63) is 0 Å². The van der Waals surface area contributed by atoms with E-state index in [1.807, 2.05) is 4.68 Å². The van der Waals surface area contributed by atoms with Crippen molar-refractivity contribution in [1.29, 1.82) is 0 Å². The van der Waals surface area contributed by atoms with Crippen molar-refractivity contribution in [1.82, 2.24) is 25.5 Å². The van der Waals surface area contributed by atoms with Gasteiger partial charge in [0, 0.05) is 18.3 Å². The van der Waals surface area contributed by atoms with Crippen LogP contribution in [0, 0.1) is 5.92 Å². The summed E-state index contributed by atoms with van der Waals surface area (Å²) in [6.45, 7) is 6.36. The summed E-state index contributed by atoms with van der Waals surface area (Å²) >= 11 is 1.77. The van der Waals surface area contributed by atoms with Crippen LogP contribution < -0.4 is 5.32 Å². The maximum Gasteiger partial charge on any atom is 0.209 e. The first kappa shape index (κ1) is 13.8. The predicted octanol–water partition coefficient (Wildman–Crippen LogP) is 1.95. The van der Waals surface area contributed by atoms with Gasteiger partial charge in [0.1, 0.15) is 0 Å². The second-order valence-corrected chi connectivity index (χ2v) is 6.36. The van der Waals surface area contributed by atoms with E-state index in [-0.39, 0.29) is 0 Å². The van der Waals surface area contributed by atoms with E-state index in [2.05, 4.69) is 34.7 Å². The van der Waals surface area contributed by atoms with Gasteiger partial charge >= 0.3 is 0 Å². The van der Waals surface area contributed by atoms with Crippen molar-refractivity contribution in [2.24, 2.45) is 5.92 Å². The van der Waals surface area contributed by atoms with Crippen LogP contribution in [0.4, 0.5) is 0 Å². The Morgan fingerprint density at radius 1 is 1.44 bits per heavy atom. The first-order chi connectivity index (χ1) is 8.75. The van der Waals surface area contributed by atoms with Crippen LogP contribution in [0.3, 0.4) is 0 Å². The Bertz CT molecular complexity index is 348. The largest absolute Gasteiger partial charge is 0.312 e. The lowest BCUT2D eigenvalue weighted by molar-refractivity contribution is 0.509. The molecule has 1 aromatic rings. The van der Waals surface area contributed by atoms with E-state index in [1.54, 1.807) is 11.8 Å². The normalized spacial score (nSPS) is 15.5. The Hall–Kier alpha value is -0.620. The molecule has 1 aromatic heterocycles. The minimum Gasteiger partial charge on any atom is -0.312 e. The van der Waals surface area contributed by atoms with Crippen LogP contribution in [-0.2, 0) is 6.54 Å². The average molecular weight is 269 g/mol. The van der Waals surface area contributed by atoms with Crippen LogP contribution in [0.25, 0.3) is 0 Å². The zero-order valence-electron chi connectivity index (χ0n) is 11.3. The fourth-order valence-corrected chi connectivity index (χ4v) is 2.62. The fraction of sp³-hybridized carbons (Fsp3) is 0.917. The molecule has 18 heavy (non-hydrogen) atoms. The van der Waals surface area contributed by atoms with Crippen molar-refractivity contribution in [3.8, 4) is 0 Å². The Kier molecular flexibility index (Phi) is 5.44. The van der Waals surface area contributed by atoms with Crippen molar-refractivity contribution in [2.75, 3.05) is 12.3 Å². The van der Waals surface area contributed by atoms with Gasteiger partial charge in [-0.15, -0.1) is 5.10 Å². The quantitative estimate of drug-likeness (QED) is 0.548. The Morgan fingerprint density at radius 2 is 2.28 bits per heavy atom. The van der Waals surface area contributed by atoms with Gasteiger partial charge in [0.25, 0.3) is 0 Å². The molecule has 1 fully saturated rings. The summed E-state index contributed by atoms with van der Waals surface area (Å²) in [6.07, 6.45) is 5.16. The van der Waals surface area contributed by atoms with Crippen molar-refractivity contribution in [2.45, 2.75) is 57.3 Å². The first-order valence-corrected chi connectivity index (χ1v) is 7.86. The lowest BCUT2D eigenvalue weighted by Crippen LogP contribution is -2.22. The zero-order chi connectivity index (χ0) is 12.8. The maximum absolute atomic E-state index is 4.08. The molecule has 2 rings (SSSR count). The summed E-state index contributed by atoms with van der Waals surface area (Å²) in [5.41, 5.74) is 0. The number of tetrazole rings is 1. The molecule has 1 heterocycles. The zero-order valence-corrected chi connectivity index (χ0v) is 12.1. The molecule has 0 amide bonds. The molecule has 0 aliphatic heterocycles. The van der Waals surface area contributed by atoms with Crippen molar-refractivity contribution >= 4 is 11.8 Å². The number of thioether (sulfide) groups is 1. The Morgan fingerprint density at radius 3 is 3.00 bits per heavy atom. The summed E-state index contributed by atoms with van der Waals surface area (Å²) in [5.74, 6) is 1.89. The predicted molar refractivity (Wildman–Crippen MR) is 73.6 cm³/mol. The molecule has 0 bridgehead atoms. The molecule has 5 nitrogen and oxygen atoms in total. The standard InChI is InChI=1S/C12H23N5S/c1-10(2)4-3-9-18-12-14-15-16-17(12)8-7-13-11-5-6-11/h10-11,13H,3-9H2,1-2H3. The second kappa shape index (κ2) is 7.09. The fourth-order valence-electron chi connectivity index (χ4n) is 1.76. The van der Waals surface area contributed by atoms with Gasteiger partial charge in [0.2, 0.25) is 5.16 Å². The molecule has 1 aliphatic carbocycles. The van der Waals surface area contributed by atoms with Gasteiger partial charge in [0.05, 0.1) is 6.54 Å². The van der Waals surface area contributed by atoms with Crippen molar-refractivity contribution in [3.63, 3.8) is 0 Å². The van der Waals surface area contributed by atoms with Gasteiger partial charge < -0.3 is 5.32 Å². The number of aromatic nitrogens is 4. The number of hydrogen-bond donors (Lipinski definition) is 1. The molecule has 0 radical (unpaired) electrons. The summed E-state index contributed by atoms with van der Waals surface area (Å²) in [6, 6.07) is 0.753. The van der Waals surface area contributed by atoms with Gasteiger partial charge in [-0.3, -0.25) is 0 Å². The maximum atomic E-state index is 4.08. The molecule has 1 saturated carbocycles. The molecule has 102 valence electrons. The highest BCUT2D eigenvalue weighted by Gasteiger charge is 2.19. The molecule has 1 N–H and O–H groups in total. The first-order valence-electron chi connectivity index (χ1n) is 6.88. The highest BCUT2D eigenvalue weighted by atomic mass is 32.2. The minimum atomic E-state index is 0.753. The second-order valence-electron chi connectivity index (χ2n) is 5.30. The van der Waals surface area contributed by atoms with Crippen LogP contribution in [0.5, 0.6) is 0 Å². The van der Waals surface area contributed by atoms with Crippen LogP contribution in [0.15, 0.2) is 5.16 Å². The summed E-state index contributed by atoms with van der Waals surface area (Å²) in [4.78, 5) is 0.